The van der Waals surface area contributed by atoms with Gasteiger partial charge in [0.05, 0.1) is 0 Å². The summed E-state index contributed by atoms with van der Waals surface area (Å²) in [7, 11) is 0. The van der Waals surface area contributed by atoms with E-state index in [0.29, 0.717) is 6.54 Å². The van der Waals surface area contributed by atoms with Gasteiger partial charge >= 0.3 is 0 Å². The van der Waals surface area contributed by atoms with Crippen LogP contribution in [0.25, 0.3) is 0 Å². The van der Waals surface area contributed by atoms with E-state index in [0.717, 1.165) is 17.7 Å². The van der Waals surface area contributed by atoms with Gasteiger partial charge in [0.2, 0.25) is 0 Å². The van der Waals surface area contributed by atoms with E-state index in [-0.39, 0.29) is 5.82 Å². The highest BCUT2D eigenvalue weighted by molar-refractivity contribution is 7.12. The molecule has 96 valence electrons. The summed E-state index contributed by atoms with van der Waals surface area (Å²) < 4.78 is 13.5. The molecule has 0 fully saturated rings. The maximum atomic E-state index is 13.5. The minimum atomic E-state index is -0.133. The lowest BCUT2D eigenvalue weighted by Crippen LogP contribution is -2.13. The molecule has 1 heterocycles. The predicted octanol–water partition coefficient (Wildman–Crippen LogP) is 4.10. The van der Waals surface area contributed by atoms with Gasteiger partial charge in [-0.25, -0.2) is 4.39 Å². The smallest absolute Gasteiger partial charge is 0.127 e. The van der Waals surface area contributed by atoms with Gasteiger partial charge in [0.15, 0.2) is 0 Å². The summed E-state index contributed by atoms with van der Waals surface area (Å²) in [6.45, 7) is 7.60. The second kappa shape index (κ2) is 5.63. The van der Waals surface area contributed by atoms with Crippen molar-refractivity contribution in [3.8, 4) is 0 Å². The lowest BCUT2D eigenvalue weighted by atomic mass is 10.1. The molecule has 0 aliphatic heterocycles. The lowest BCUT2D eigenvalue weighted by molar-refractivity contribution is 0.588. The van der Waals surface area contributed by atoms with Crippen LogP contribution >= 0.6 is 11.3 Å². The maximum Gasteiger partial charge on any atom is 0.127 e. The first kappa shape index (κ1) is 13.2. The number of nitrogens with one attached hydrogen (secondary N) is 1. The molecule has 0 aliphatic carbocycles. The molecule has 2 rings (SSSR count). The highest BCUT2D eigenvalue weighted by atomic mass is 32.1. The molecule has 0 bridgehead atoms. The van der Waals surface area contributed by atoms with Crippen LogP contribution in [0.4, 0.5) is 4.39 Å². The van der Waals surface area contributed by atoms with Crippen molar-refractivity contribution in [2.75, 3.05) is 0 Å². The third-order valence-electron chi connectivity index (χ3n) is 3.03. The van der Waals surface area contributed by atoms with Crippen molar-refractivity contribution in [3.63, 3.8) is 0 Å². The van der Waals surface area contributed by atoms with Crippen LogP contribution in [-0.2, 0) is 13.1 Å². The Labute approximate surface area is 112 Å². The quantitative estimate of drug-likeness (QED) is 0.875. The molecule has 0 amide bonds. The zero-order chi connectivity index (χ0) is 13.1. The van der Waals surface area contributed by atoms with Crippen LogP contribution in [0, 0.1) is 26.6 Å². The highest BCUT2D eigenvalue weighted by Crippen LogP contribution is 2.20. The van der Waals surface area contributed by atoms with E-state index in [4.69, 9.17) is 0 Å². The fraction of sp³-hybridized carbons (Fsp3) is 0.333. The van der Waals surface area contributed by atoms with E-state index >= 15 is 0 Å². The summed E-state index contributed by atoms with van der Waals surface area (Å²) >= 11 is 1.80. The van der Waals surface area contributed by atoms with Crippen LogP contribution in [0.1, 0.15) is 26.4 Å². The molecule has 0 atom stereocenters. The van der Waals surface area contributed by atoms with Gasteiger partial charge in [-0.1, -0.05) is 17.7 Å². The Balaban J connectivity index is 1.94. The van der Waals surface area contributed by atoms with Gasteiger partial charge in [-0.05, 0) is 38.5 Å². The summed E-state index contributed by atoms with van der Waals surface area (Å²) in [6, 6.07) is 7.42. The summed E-state index contributed by atoms with van der Waals surface area (Å²) in [5.41, 5.74) is 3.16. The molecule has 0 radical (unpaired) electrons. The van der Waals surface area contributed by atoms with E-state index in [2.05, 4.69) is 25.2 Å². The molecule has 0 spiro atoms. The Hall–Kier alpha value is -1.19. The number of hydrogen-bond acceptors (Lipinski definition) is 2. The van der Waals surface area contributed by atoms with Crippen molar-refractivity contribution in [1.82, 2.24) is 5.32 Å². The number of halogens is 1. The van der Waals surface area contributed by atoms with Crippen LogP contribution in [0.2, 0.25) is 0 Å². The number of benzene rings is 1. The van der Waals surface area contributed by atoms with E-state index in [1.54, 1.807) is 17.4 Å². The number of aryl methyl sites for hydroxylation is 3. The van der Waals surface area contributed by atoms with Crippen molar-refractivity contribution in [2.24, 2.45) is 0 Å². The molecule has 0 aliphatic rings. The first-order valence-corrected chi connectivity index (χ1v) is 6.89. The lowest BCUT2D eigenvalue weighted by Gasteiger charge is -2.06. The largest absolute Gasteiger partial charge is 0.308 e. The molecule has 1 nitrogen and oxygen atoms in total. The molecular formula is C15H18FNS. The minimum absolute atomic E-state index is 0.133. The van der Waals surface area contributed by atoms with Gasteiger partial charge in [0.25, 0.3) is 0 Å². The Morgan fingerprint density at radius 2 is 1.89 bits per heavy atom. The topological polar surface area (TPSA) is 12.0 Å². The van der Waals surface area contributed by atoms with Crippen molar-refractivity contribution in [3.05, 3.63) is 56.5 Å². The highest BCUT2D eigenvalue weighted by Gasteiger charge is 2.04. The number of thiophene rings is 1. The third kappa shape index (κ3) is 3.18. The molecule has 3 heteroatoms. The second-order valence-corrected chi connectivity index (χ2v) is 5.99. The van der Waals surface area contributed by atoms with Crippen molar-refractivity contribution >= 4 is 11.3 Å². The summed E-state index contributed by atoms with van der Waals surface area (Å²) in [4.78, 5) is 2.66. The predicted molar refractivity (Wildman–Crippen MR) is 75.5 cm³/mol. The molecule has 2 aromatic rings. The van der Waals surface area contributed by atoms with E-state index in [1.807, 2.05) is 13.0 Å². The fourth-order valence-corrected chi connectivity index (χ4v) is 2.92. The van der Waals surface area contributed by atoms with Gasteiger partial charge < -0.3 is 5.32 Å². The Morgan fingerprint density at radius 3 is 2.56 bits per heavy atom. The first-order valence-electron chi connectivity index (χ1n) is 6.08. The van der Waals surface area contributed by atoms with Crippen LogP contribution in [0.3, 0.4) is 0 Å². The standard InChI is InChI=1S/C15H18FNS/c1-10-4-5-15(16)13(6-10)8-17-9-14-7-11(2)12(3)18-14/h4-7,17H,8-9H2,1-3H3. The Kier molecular flexibility index (Phi) is 4.15. The minimum Gasteiger partial charge on any atom is -0.308 e. The van der Waals surface area contributed by atoms with Crippen LogP contribution in [0.15, 0.2) is 24.3 Å². The molecule has 0 saturated heterocycles. The van der Waals surface area contributed by atoms with Gasteiger partial charge in [-0.2, -0.15) is 0 Å². The molecule has 0 unspecified atom stereocenters. The molecular weight excluding hydrogens is 245 g/mol. The zero-order valence-electron chi connectivity index (χ0n) is 11.0. The summed E-state index contributed by atoms with van der Waals surface area (Å²) in [6.07, 6.45) is 0. The average Bonchev–Trinajstić information content (AvgIpc) is 2.63. The summed E-state index contributed by atoms with van der Waals surface area (Å²) in [5, 5.41) is 3.30. The van der Waals surface area contributed by atoms with Crippen LogP contribution in [0.5, 0.6) is 0 Å². The van der Waals surface area contributed by atoms with Gasteiger partial charge in [-0.15, -0.1) is 11.3 Å². The Bertz CT molecular complexity index is 526. The van der Waals surface area contributed by atoms with Crippen molar-refractivity contribution < 1.29 is 4.39 Å². The van der Waals surface area contributed by atoms with Gasteiger partial charge in [0.1, 0.15) is 5.82 Å². The molecule has 1 N–H and O–H groups in total. The maximum absolute atomic E-state index is 13.5. The monoisotopic (exact) mass is 263 g/mol. The number of rotatable bonds is 4. The van der Waals surface area contributed by atoms with Crippen LogP contribution in [-0.4, -0.2) is 0 Å². The third-order valence-corrected chi connectivity index (χ3v) is 4.19. The molecule has 18 heavy (non-hydrogen) atoms. The Morgan fingerprint density at radius 1 is 1.11 bits per heavy atom. The van der Waals surface area contributed by atoms with Crippen LogP contribution < -0.4 is 5.32 Å². The van der Waals surface area contributed by atoms with E-state index in [1.165, 1.54) is 21.4 Å². The molecule has 0 saturated carbocycles. The van der Waals surface area contributed by atoms with Gasteiger partial charge in [-0.3, -0.25) is 0 Å². The first-order chi connectivity index (χ1) is 8.56. The molecule has 1 aromatic heterocycles. The zero-order valence-corrected chi connectivity index (χ0v) is 11.8. The average molecular weight is 263 g/mol. The fourth-order valence-electron chi connectivity index (χ4n) is 1.90. The van der Waals surface area contributed by atoms with E-state index < -0.39 is 0 Å². The van der Waals surface area contributed by atoms with Crippen molar-refractivity contribution in [2.45, 2.75) is 33.9 Å². The normalized spacial score (nSPS) is 10.9. The molecule has 1 aromatic carbocycles. The summed E-state index contributed by atoms with van der Waals surface area (Å²) in [5.74, 6) is -0.133. The van der Waals surface area contributed by atoms with Gasteiger partial charge in [0, 0.05) is 28.4 Å². The van der Waals surface area contributed by atoms with Crippen molar-refractivity contribution in [1.29, 1.82) is 0 Å². The second-order valence-electron chi connectivity index (χ2n) is 4.65. The number of hydrogen-bond donors (Lipinski definition) is 1. The van der Waals surface area contributed by atoms with E-state index in [9.17, 15) is 4.39 Å². The SMILES string of the molecule is Cc1ccc(F)c(CNCc2cc(C)c(C)s2)c1.